The standard InChI is InChI=1S/C22H19NOS/c1-22(2)19-9-4-3-7-17(19)18-11-10-14(12-20(18)22)16-8-5-6-15-13-23-25-24-21(15)16/h3-12,23H,13H2,1-2H3. The Morgan fingerprint density at radius 1 is 0.880 bits per heavy atom. The summed E-state index contributed by atoms with van der Waals surface area (Å²) in [7, 11) is 0. The molecule has 0 unspecified atom stereocenters. The van der Waals surface area contributed by atoms with Gasteiger partial charge in [0.25, 0.3) is 0 Å². The fourth-order valence-corrected chi connectivity index (χ4v) is 4.65. The van der Waals surface area contributed by atoms with Crippen LogP contribution >= 0.6 is 12.2 Å². The molecular weight excluding hydrogens is 326 g/mol. The average Bonchev–Trinajstić information content (AvgIpc) is 2.89. The van der Waals surface area contributed by atoms with Crippen LogP contribution < -0.4 is 8.91 Å². The zero-order valence-electron chi connectivity index (χ0n) is 14.3. The maximum absolute atomic E-state index is 5.85. The first-order valence-electron chi connectivity index (χ1n) is 8.59. The van der Waals surface area contributed by atoms with E-state index in [-0.39, 0.29) is 5.41 Å². The number of hydrogen-bond acceptors (Lipinski definition) is 3. The molecule has 0 amide bonds. The van der Waals surface area contributed by atoms with E-state index in [2.05, 4.69) is 79.2 Å². The van der Waals surface area contributed by atoms with Crippen LogP contribution in [0.3, 0.4) is 0 Å². The second kappa shape index (κ2) is 5.38. The number of para-hydroxylation sites is 1. The van der Waals surface area contributed by atoms with Crippen molar-refractivity contribution >= 4 is 12.2 Å². The highest BCUT2D eigenvalue weighted by Gasteiger charge is 2.35. The molecule has 1 aliphatic heterocycles. The van der Waals surface area contributed by atoms with E-state index in [0.29, 0.717) is 0 Å². The predicted octanol–water partition coefficient (Wildman–Crippen LogP) is 5.71. The fourth-order valence-electron chi connectivity index (χ4n) is 4.10. The Kier molecular flexibility index (Phi) is 3.24. The highest BCUT2D eigenvalue weighted by Crippen LogP contribution is 2.50. The van der Waals surface area contributed by atoms with Gasteiger partial charge in [-0.15, -0.1) is 0 Å². The first-order valence-corrected chi connectivity index (χ1v) is 9.33. The molecule has 0 bridgehead atoms. The summed E-state index contributed by atoms with van der Waals surface area (Å²) in [4.78, 5) is 0. The van der Waals surface area contributed by atoms with Gasteiger partial charge in [-0.1, -0.05) is 68.4 Å². The van der Waals surface area contributed by atoms with Gasteiger partial charge in [-0.3, -0.25) is 0 Å². The normalized spacial score (nSPS) is 16.6. The van der Waals surface area contributed by atoms with Crippen LogP contribution in [-0.4, -0.2) is 0 Å². The van der Waals surface area contributed by atoms with E-state index in [1.165, 1.54) is 51.2 Å². The van der Waals surface area contributed by atoms with Crippen molar-refractivity contribution in [3.05, 3.63) is 77.4 Å². The van der Waals surface area contributed by atoms with E-state index in [1.807, 2.05) is 0 Å². The van der Waals surface area contributed by atoms with Gasteiger partial charge in [0.1, 0.15) is 12.2 Å². The second-order valence-corrected chi connectivity index (χ2v) is 7.83. The molecule has 0 saturated heterocycles. The summed E-state index contributed by atoms with van der Waals surface area (Å²) in [6.07, 6.45) is 0. The minimum Gasteiger partial charge on any atom is -0.409 e. The SMILES string of the molecule is CC1(C)c2ccccc2-c2ccc(-c3cccc4c3OSNC4)cc21. The lowest BCUT2D eigenvalue weighted by atomic mass is 9.81. The molecule has 3 aromatic rings. The zero-order valence-corrected chi connectivity index (χ0v) is 15.1. The summed E-state index contributed by atoms with van der Waals surface area (Å²) in [5.41, 5.74) is 9.14. The molecule has 1 heterocycles. The van der Waals surface area contributed by atoms with Crippen molar-refractivity contribution in [1.29, 1.82) is 0 Å². The Hall–Kier alpha value is -2.23. The summed E-state index contributed by atoms with van der Waals surface area (Å²) < 4.78 is 9.03. The van der Waals surface area contributed by atoms with Crippen molar-refractivity contribution in [3.63, 3.8) is 0 Å². The number of fused-ring (bicyclic) bond motifs is 4. The van der Waals surface area contributed by atoms with Crippen molar-refractivity contribution < 1.29 is 4.18 Å². The summed E-state index contributed by atoms with van der Waals surface area (Å²) in [6.45, 7) is 5.46. The maximum atomic E-state index is 5.85. The van der Waals surface area contributed by atoms with Crippen molar-refractivity contribution in [2.24, 2.45) is 0 Å². The van der Waals surface area contributed by atoms with E-state index < -0.39 is 0 Å². The van der Waals surface area contributed by atoms with Crippen molar-refractivity contribution in [2.75, 3.05) is 0 Å². The Morgan fingerprint density at radius 3 is 2.60 bits per heavy atom. The summed E-state index contributed by atoms with van der Waals surface area (Å²) >= 11 is 1.31. The minimum absolute atomic E-state index is 0.0218. The van der Waals surface area contributed by atoms with Gasteiger partial charge in [0.15, 0.2) is 5.75 Å². The number of hydrogen-bond donors (Lipinski definition) is 1. The van der Waals surface area contributed by atoms with Crippen molar-refractivity contribution in [2.45, 2.75) is 25.8 Å². The van der Waals surface area contributed by atoms with Crippen molar-refractivity contribution in [3.8, 4) is 28.0 Å². The minimum atomic E-state index is 0.0218. The highest BCUT2D eigenvalue weighted by molar-refractivity contribution is 7.93. The molecule has 1 N–H and O–H groups in total. The molecule has 25 heavy (non-hydrogen) atoms. The summed E-state index contributed by atoms with van der Waals surface area (Å²) in [5.74, 6) is 0.986. The molecule has 3 aromatic carbocycles. The largest absolute Gasteiger partial charge is 0.409 e. The van der Waals surface area contributed by atoms with E-state index in [0.717, 1.165) is 12.3 Å². The maximum Gasteiger partial charge on any atom is 0.151 e. The Labute approximate surface area is 152 Å². The molecule has 0 atom stereocenters. The third kappa shape index (κ3) is 2.16. The van der Waals surface area contributed by atoms with Gasteiger partial charge in [-0.2, -0.15) is 0 Å². The van der Waals surface area contributed by atoms with Crippen molar-refractivity contribution in [1.82, 2.24) is 4.72 Å². The second-order valence-electron chi connectivity index (χ2n) is 7.21. The fraction of sp³-hybridized carbons (Fsp3) is 0.182. The molecule has 0 saturated carbocycles. The van der Waals surface area contributed by atoms with Gasteiger partial charge in [0.2, 0.25) is 0 Å². The van der Waals surface area contributed by atoms with Crippen LogP contribution in [0.5, 0.6) is 5.75 Å². The Morgan fingerprint density at radius 2 is 1.68 bits per heavy atom. The molecule has 3 heteroatoms. The van der Waals surface area contributed by atoms with E-state index >= 15 is 0 Å². The van der Waals surface area contributed by atoms with Gasteiger partial charge in [0.05, 0.1) is 0 Å². The van der Waals surface area contributed by atoms with E-state index in [1.54, 1.807) is 0 Å². The third-order valence-electron chi connectivity index (χ3n) is 5.44. The topological polar surface area (TPSA) is 21.3 Å². The van der Waals surface area contributed by atoms with E-state index in [4.69, 9.17) is 4.18 Å². The first-order chi connectivity index (χ1) is 12.2. The molecule has 0 fully saturated rings. The van der Waals surface area contributed by atoms with Gasteiger partial charge in [-0.05, 0) is 33.9 Å². The quantitative estimate of drug-likeness (QED) is 0.451. The predicted molar refractivity (Wildman–Crippen MR) is 105 cm³/mol. The number of nitrogens with one attached hydrogen (secondary N) is 1. The van der Waals surface area contributed by atoms with Gasteiger partial charge in [-0.25, -0.2) is 4.72 Å². The van der Waals surface area contributed by atoms with Crippen LogP contribution in [-0.2, 0) is 12.0 Å². The molecule has 2 aliphatic rings. The summed E-state index contributed by atoms with van der Waals surface area (Å²) in [6, 6.07) is 22.0. The molecule has 0 aromatic heterocycles. The lowest BCUT2D eigenvalue weighted by molar-refractivity contribution is 0.602. The molecule has 0 radical (unpaired) electrons. The Balaban J connectivity index is 1.70. The van der Waals surface area contributed by atoms with Crippen LogP contribution in [0.25, 0.3) is 22.3 Å². The van der Waals surface area contributed by atoms with Crippen LogP contribution in [0.4, 0.5) is 0 Å². The van der Waals surface area contributed by atoms with Gasteiger partial charge < -0.3 is 4.18 Å². The van der Waals surface area contributed by atoms with E-state index in [9.17, 15) is 0 Å². The van der Waals surface area contributed by atoms with Crippen LogP contribution in [0, 0.1) is 0 Å². The highest BCUT2D eigenvalue weighted by atomic mass is 32.2. The van der Waals surface area contributed by atoms with Crippen LogP contribution in [0.15, 0.2) is 60.7 Å². The van der Waals surface area contributed by atoms with Gasteiger partial charge in [0, 0.05) is 23.1 Å². The molecule has 0 spiro atoms. The molecule has 124 valence electrons. The molecule has 2 nitrogen and oxygen atoms in total. The smallest absolute Gasteiger partial charge is 0.151 e. The number of benzene rings is 3. The average molecular weight is 345 g/mol. The summed E-state index contributed by atoms with van der Waals surface area (Å²) in [5, 5.41) is 0. The van der Waals surface area contributed by atoms with Gasteiger partial charge >= 0.3 is 0 Å². The zero-order chi connectivity index (χ0) is 17.0. The monoisotopic (exact) mass is 345 g/mol. The lowest BCUT2D eigenvalue weighted by Gasteiger charge is -2.23. The lowest BCUT2D eigenvalue weighted by Crippen LogP contribution is -2.15. The molecule has 1 aliphatic carbocycles. The van der Waals surface area contributed by atoms with Crippen LogP contribution in [0.2, 0.25) is 0 Å². The molecule has 5 rings (SSSR count). The first kappa shape index (κ1) is 15.1. The number of rotatable bonds is 1. The molecular formula is C22H19NOS. The third-order valence-corrected chi connectivity index (χ3v) is 5.95. The van der Waals surface area contributed by atoms with Crippen LogP contribution in [0.1, 0.15) is 30.5 Å². The Bertz CT molecular complexity index is 993.